The molecule has 0 aromatic heterocycles. The van der Waals surface area contributed by atoms with Crippen molar-refractivity contribution in [2.45, 2.75) is 38.1 Å². The van der Waals surface area contributed by atoms with Crippen LogP contribution in [-0.4, -0.2) is 44.7 Å². The highest BCUT2D eigenvalue weighted by atomic mass is 32.2. The van der Waals surface area contributed by atoms with Crippen LogP contribution in [0.15, 0.2) is 0 Å². The molecule has 0 radical (unpaired) electrons. The van der Waals surface area contributed by atoms with Gasteiger partial charge in [-0.05, 0) is 18.8 Å². The fourth-order valence-electron chi connectivity index (χ4n) is 3.04. The van der Waals surface area contributed by atoms with E-state index in [0.717, 1.165) is 13.1 Å². The highest BCUT2D eigenvalue weighted by Crippen LogP contribution is 2.30. The van der Waals surface area contributed by atoms with Crippen molar-refractivity contribution in [1.29, 1.82) is 0 Å². The normalized spacial score (nSPS) is 30.4. The summed E-state index contributed by atoms with van der Waals surface area (Å²) in [6.07, 6.45) is 7.57. The molecular formula is C11H22N2O2S. The van der Waals surface area contributed by atoms with Crippen LogP contribution in [0.1, 0.15) is 32.1 Å². The quantitative estimate of drug-likeness (QED) is 0.784. The first-order valence-electron chi connectivity index (χ1n) is 6.26. The van der Waals surface area contributed by atoms with Gasteiger partial charge in [0.2, 0.25) is 10.0 Å². The fraction of sp³-hybridized carbons (Fsp3) is 1.00. The Bertz CT molecular complexity index is 323. The number of piperazine rings is 1. The zero-order valence-electron chi connectivity index (χ0n) is 9.98. The topological polar surface area (TPSA) is 49.4 Å². The van der Waals surface area contributed by atoms with E-state index in [-0.39, 0.29) is 6.04 Å². The van der Waals surface area contributed by atoms with E-state index < -0.39 is 10.0 Å². The van der Waals surface area contributed by atoms with E-state index in [9.17, 15) is 8.42 Å². The van der Waals surface area contributed by atoms with Gasteiger partial charge >= 0.3 is 0 Å². The number of hydrogen-bond acceptors (Lipinski definition) is 3. The second kappa shape index (κ2) is 5.02. The second-order valence-corrected chi connectivity index (χ2v) is 6.98. The van der Waals surface area contributed by atoms with E-state index >= 15 is 0 Å². The van der Waals surface area contributed by atoms with E-state index in [4.69, 9.17) is 0 Å². The summed E-state index contributed by atoms with van der Waals surface area (Å²) >= 11 is 0. The molecule has 0 bridgehead atoms. The minimum absolute atomic E-state index is 0.198. The van der Waals surface area contributed by atoms with Gasteiger partial charge in [-0.3, -0.25) is 0 Å². The second-order valence-electron chi connectivity index (χ2n) is 5.04. The highest BCUT2D eigenvalue weighted by Gasteiger charge is 2.35. The fourth-order valence-corrected chi connectivity index (χ4v) is 4.20. The van der Waals surface area contributed by atoms with Crippen LogP contribution in [0, 0.1) is 5.92 Å². The predicted molar refractivity (Wildman–Crippen MR) is 64.8 cm³/mol. The Labute approximate surface area is 98.4 Å². The largest absolute Gasteiger partial charge is 0.314 e. The van der Waals surface area contributed by atoms with Crippen LogP contribution < -0.4 is 5.32 Å². The van der Waals surface area contributed by atoms with Crippen LogP contribution in [-0.2, 0) is 10.0 Å². The number of sulfonamides is 1. The van der Waals surface area contributed by atoms with Gasteiger partial charge in [-0.25, -0.2) is 8.42 Å². The third-order valence-electron chi connectivity index (χ3n) is 3.85. The smallest absolute Gasteiger partial charge is 0.211 e. The third kappa shape index (κ3) is 2.76. The van der Waals surface area contributed by atoms with Gasteiger partial charge in [0.05, 0.1) is 6.26 Å². The number of rotatable bonds is 2. The minimum Gasteiger partial charge on any atom is -0.314 e. The van der Waals surface area contributed by atoms with E-state index in [1.165, 1.54) is 38.4 Å². The molecule has 1 aliphatic heterocycles. The van der Waals surface area contributed by atoms with Gasteiger partial charge in [-0.15, -0.1) is 0 Å². The SMILES string of the molecule is CS(=O)(=O)N1CCNCC1C1CCCCC1. The highest BCUT2D eigenvalue weighted by molar-refractivity contribution is 7.88. The molecule has 1 aliphatic carbocycles. The predicted octanol–water partition coefficient (Wildman–Crippen LogP) is 0.800. The summed E-state index contributed by atoms with van der Waals surface area (Å²) in [6, 6.07) is 0.198. The number of hydrogen-bond donors (Lipinski definition) is 1. The van der Waals surface area contributed by atoms with Crippen LogP contribution in [0.2, 0.25) is 0 Å². The van der Waals surface area contributed by atoms with E-state index in [2.05, 4.69) is 5.32 Å². The maximum atomic E-state index is 11.7. The Morgan fingerprint density at radius 3 is 2.50 bits per heavy atom. The lowest BCUT2D eigenvalue weighted by Gasteiger charge is -2.40. The summed E-state index contributed by atoms with van der Waals surface area (Å²) in [5, 5.41) is 3.33. The Morgan fingerprint density at radius 2 is 1.88 bits per heavy atom. The molecule has 2 aliphatic rings. The van der Waals surface area contributed by atoms with Crippen LogP contribution in [0.4, 0.5) is 0 Å². The summed E-state index contributed by atoms with van der Waals surface area (Å²) in [6.45, 7) is 2.26. The van der Waals surface area contributed by atoms with Gasteiger partial charge in [-0.1, -0.05) is 19.3 Å². The first-order valence-corrected chi connectivity index (χ1v) is 8.11. The lowest BCUT2D eigenvalue weighted by molar-refractivity contribution is 0.165. The van der Waals surface area contributed by atoms with Crippen molar-refractivity contribution in [3.63, 3.8) is 0 Å². The van der Waals surface area contributed by atoms with Crippen molar-refractivity contribution >= 4 is 10.0 Å². The molecule has 2 fully saturated rings. The zero-order chi connectivity index (χ0) is 11.6. The number of nitrogens with zero attached hydrogens (tertiary/aromatic N) is 1. The van der Waals surface area contributed by atoms with E-state index in [0.29, 0.717) is 12.5 Å². The maximum Gasteiger partial charge on any atom is 0.211 e. The molecule has 5 heteroatoms. The standard InChI is InChI=1S/C11H22N2O2S/c1-16(14,15)13-8-7-12-9-11(13)10-5-3-2-4-6-10/h10-12H,2-9H2,1H3. The maximum absolute atomic E-state index is 11.7. The summed E-state index contributed by atoms with van der Waals surface area (Å²) in [7, 11) is -3.03. The zero-order valence-corrected chi connectivity index (χ0v) is 10.8. The molecular weight excluding hydrogens is 224 g/mol. The molecule has 94 valence electrons. The van der Waals surface area contributed by atoms with Gasteiger partial charge < -0.3 is 5.32 Å². The Hall–Kier alpha value is -0.130. The monoisotopic (exact) mass is 246 g/mol. The molecule has 1 saturated carbocycles. The summed E-state index contributed by atoms with van der Waals surface area (Å²) in [5.74, 6) is 0.566. The average molecular weight is 246 g/mol. The molecule has 1 heterocycles. The van der Waals surface area contributed by atoms with E-state index in [1.54, 1.807) is 4.31 Å². The molecule has 1 N–H and O–H groups in total. The van der Waals surface area contributed by atoms with Crippen LogP contribution in [0.3, 0.4) is 0 Å². The molecule has 16 heavy (non-hydrogen) atoms. The van der Waals surface area contributed by atoms with Crippen LogP contribution >= 0.6 is 0 Å². The van der Waals surface area contributed by atoms with Crippen LogP contribution in [0.25, 0.3) is 0 Å². The molecule has 0 spiro atoms. The van der Waals surface area contributed by atoms with Gasteiger partial charge in [-0.2, -0.15) is 4.31 Å². The Kier molecular flexibility index (Phi) is 3.87. The van der Waals surface area contributed by atoms with Crippen molar-refractivity contribution in [2.24, 2.45) is 5.92 Å². The lowest BCUT2D eigenvalue weighted by atomic mass is 9.83. The molecule has 1 unspecified atom stereocenters. The van der Waals surface area contributed by atoms with Gasteiger partial charge in [0.15, 0.2) is 0 Å². The molecule has 0 amide bonds. The third-order valence-corrected chi connectivity index (χ3v) is 5.16. The Balaban J connectivity index is 2.09. The van der Waals surface area contributed by atoms with Crippen molar-refractivity contribution in [3.05, 3.63) is 0 Å². The molecule has 1 saturated heterocycles. The van der Waals surface area contributed by atoms with Crippen LogP contribution in [0.5, 0.6) is 0 Å². The first-order chi connectivity index (χ1) is 7.59. The van der Waals surface area contributed by atoms with Crippen molar-refractivity contribution in [2.75, 3.05) is 25.9 Å². The number of nitrogens with one attached hydrogen (secondary N) is 1. The van der Waals surface area contributed by atoms with Gasteiger partial charge in [0.25, 0.3) is 0 Å². The molecule has 2 rings (SSSR count). The molecule has 0 aromatic carbocycles. The minimum atomic E-state index is -3.03. The Morgan fingerprint density at radius 1 is 1.19 bits per heavy atom. The summed E-state index contributed by atoms with van der Waals surface area (Å²) in [4.78, 5) is 0. The first kappa shape index (κ1) is 12.3. The average Bonchev–Trinajstić information content (AvgIpc) is 2.29. The van der Waals surface area contributed by atoms with Gasteiger partial charge in [0, 0.05) is 25.7 Å². The van der Waals surface area contributed by atoms with Gasteiger partial charge in [0.1, 0.15) is 0 Å². The van der Waals surface area contributed by atoms with Crippen molar-refractivity contribution < 1.29 is 8.42 Å². The molecule has 4 nitrogen and oxygen atoms in total. The summed E-state index contributed by atoms with van der Waals surface area (Å²) < 4.78 is 25.2. The molecule has 0 aromatic rings. The summed E-state index contributed by atoms with van der Waals surface area (Å²) in [5.41, 5.74) is 0. The molecule has 1 atom stereocenters. The van der Waals surface area contributed by atoms with Crippen molar-refractivity contribution in [3.8, 4) is 0 Å². The lowest BCUT2D eigenvalue weighted by Crippen LogP contribution is -2.56. The van der Waals surface area contributed by atoms with E-state index in [1.807, 2.05) is 0 Å². The van der Waals surface area contributed by atoms with Crippen molar-refractivity contribution in [1.82, 2.24) is 9.62 Å².